The lowest BCUT2D eigenvalue weighted by molar-refractivity contribution is 0.408. The number of oxazole rings is 1. The molecule has 1 aromatic carbocycles. The van der Waals surface area contributed by atoms with E-state index in [9.17, 15) is 0 Å². The van der Waals surface area contributed by atoms with Crippen LogP contribution in [0.3, 0.4) is 0 Å². The van der Waals surface area contributed by atoms with Gasteiger partial charge in [0, 0.05) is 5.56 Å². The summed E-state index contributed by atoms with van der Waals surface area (Å²) >= 11 is 0. The molecule has 2 N–H and O–H groups in total. The van der Waals surface area contributed by atoms with E-state index < -0.39 is 0 Å². The highest BCUT2D eigenvalue weighted by Crippen LogP contribution is 2.24. The van der Waals surface area contributed by atoms with E-state index in [1.54, 1.807) is 6.20 Å². The molecule has 2 rings (SSSR count). The van der Waals surface area contributed by atoms with Crippen molar-refractivity contribution in [2.24, 2.45) is 11.7 Å². The van der Waals surface area contributed by atoms with E-state index >= 15 is 0 Å². The standard InChI is InChI=1S/C14H18N2O/c1-10(2)8-12(15)14-16-9-13(17-14)11-6-4-3-5-7-11/h3-7,9-10,12H,8,15H2,1-2H3/t12-/m0/s1. The van der Waals surface area contributed by atoms with Crippen molar-refractivity contribution in [2.75, 3.05) is 0 Å². The number of nitrogens with zero attached hydrogens (tertiary/aromatic N) is 1. The molecule has 0 aliphatic heterocycles. The van der Waals surface area contributed by atoms with Crippen LogP contribution in [0.2, 0.25) is 0 Å². The Morgan fingerprint density at radius 3 is 2.59 bits per heavy atom. The van der Waals surface area contributed by atoms with Gasteiger partial charge in [0.25, 0.3) is 0 Å². The molecule has 0 amide bonds. The van der Waals surface area contributed by atoms with Gasteiger partial charge in [0.2, 0.25) is 5.89 Å². The van der Waals surface area contributed by atoms with Crippen LogP contribution in [0.4, 0.5) is 0 Å². The molecular formula is C14H18N2O. The van der Waals surface area contributed by atoms with Gasteiger partial charge in [0.15, 0.2) is 5.76 Å². The highest BCUT2D eigenvalue weighted by molar-refractivity contribution is 5.55. The van der Waals surface area contributed by atoms with Crippen molar-refractivity contribution in [3.05, 3.63) is 42.4 Å². The predicted octanol–water partition coefficient (Wildman–Crippen LogP) is 3.39. The molecule has 0 saturated heterocycles. The summed E-state index contributed by atoms with van der Waals surface area (Å²) in [6.07, 6.45) is 2.62. The Morgan fingerprint density at radius 2 is 1.94 bits per heavy atom. The highest BCUT2D eigenvalue weighted by Gasteiger charge is 2.14. The van der Waals surface area contributed by atoms with Crippen LogP contribution in [0.25, 0.3) is 11.3 Å². The zero-order valence-electron chi connectivity index (χ0n) is 10.3. The first-order valence-corrected chi connectivity index (χ1v) is 5.93. The van der Waals surface area contributed by atoms with E-state index in [0.717, 1.165) is 17.7 Å². The Balaban J connectivity index is 2.16. The van der Waals surface area contributed by atoms with Crippen molar-refractivity contribution >= 4 is 0 Å². The number of hydrogen-bond acceptors (Lipinski definition) is 3. The largest absolute Gasteiger partial charge is 0.439 e. The average Bonchev–Trinajstić information content (AvgIpc) is 2.78. The predicted molar refractivity (Wildman–Crippen MR) is 68.3 cm³/mol. The monoisotopic (exact) mass is 230 g/mol. The van der Waals surface area contributed by atoms with Crippen LogP contribution >= 0.6 is 0 Å². The summed E-state index contributed by atoms with van der Waals surface area (Å²) in [4.78, 5) is 4.25. The Hall–Kier alpha value is -1.61. The molecule has 1 heterocycles. The van der Waals surface area contributed by atoms with Crippen LogP contribution in [-0.4, -0.2) is 4.98 Å². The van der Waals surface area contributed by atoms with Crippen LogP contribution < -0.4 is 5.73 Å². The Morgan fingerprint density at radius 1 is 1.24 bits per heavy atom. The van der Waals surface area contributed by atoms with Crippen LogP contribution in [-0.2, 0) is 0 Å². The third kappa shape index (κ3) is 2.94. The molecule has 0 saturated carbocycles. The zero-order chi connectivity index (χ0) is 12.3. The molecule has 2 aromatic rings. The molecule has 0 radical (unpaired) electrons. The first kappa shape index (κ1) is 11.9. The summed E-state index contributed by atoms with van der Waals surface area (Å²) in [6, 6.07) is 9.81. The minimum atomic E-state index is -0.118. The molecule has 3 heteroatoms. The lowest BCUT2D eigenvalue weighted by Crippen LogP contribution is -2.13. The van der Waals surface area contributed by atoms with Crippen molar-refractivity contribution < 1.29 is 4.42 Å². The third-order valence-electron chi connectivity index (χ3n) is 2.62. The van der Waals surface area contributed by atoms with Crippen LogP contribution in [0.1, 0.15) is 32.2 Å². The second-order valence-corrected chi connectivity index (χ2v) is 4.66. The average molecular weight is 230 g/mol. The van der Waals surface area contributed by atoms with Gasteiger partial charge in [-0.05, 0) is 12.3 Å². The van der Waals surface area contributed by atoms with Crippen LogP contribution in [0.15, 0.2) is 40.9 Å². The van der Waals surface area contributed by atoms with Crippen molar-refractivity contribution in [2.45, 2.75) is 26.3 Å². The molecule has 3 nitrogen and oxygen atoms in total. The van der Waals surface area contributed by atoms with Gasteiger partial charge in [-0.1, -0.05) is 44.2 Å². The number of hydrogen-bond donors (Lipinski definition) is 1. The fourth-order valence-corrected chi connectivity index (χ4v) is 1.80. The van der Waals surface area contributed by atoms with Crippen molar-refractivity contribution in [3.63, 3.8) is 0 Å². The minimum absolute atomic E-state index is 0.118. The van der Waals surface area contributed by atoms with E-state index in [1.807, 2.05) is 30.3 Å². The van der Waals surface area contributed by atoms with Crippen LogP contribution in [0.5, 0.6) is 0 Å². The van der Waals surface area contributed by atoms with E-state index in [2.05, 4.69) is 18.8 Å². The lowest BCUT2D eigenvalue weighted by Gasteiger charge is -2.09. The Labute approximate surface area is 102 Å². The summed E-state index contributed by atoms with van der Waals surface area (Å²) in [5.41, 5.74) is 7.06. The van der Waals surface area contributed by atoms with Gasteiger partial charge in [-0.2, -0.15) is 0 Å². The first-order valence-electron chi connectivity index (χ1n) is 5.93. The van der Waals surface area contributed by atoms with Crippen molar-refractivity contribution in [3.8, 4) is 11.3 Å². The van der Waals surface area contributed by atoms with Gasteiger partial charge >= 0.3 is 0 Å². The quantitative estimate of drug-likeness (QED) is 0.875. The van der Waals surface area contributed by atoms with Crippen LogP contribution in [0, 0.1) is 5.92 Å². The normalized spacial score (nSPS) is 12.9. The summed E-state index contributed by atoms with van der Waals surface area (Å²) in [5.74, 6) is 1.94. The zero-order valence-corrected chi connectivity index (χ0v) is 10.3. The maximum Gasteiger partial charge on any atom is 0.211 e. The molecule has 1 atom stereocenters. The van der Waals surface area contributed by atoms with Gasteiger partial charge in [-0.25, -0.2) is 4.98 Å². The van der Waals surface area contributed by atoms with E-state index in [0.29, 0.717) is 11.8 Å². The topological polar surface area (TPSA) is 52.0 Å². The van der Waals surface area contributed by atoms with Crippen molar-refractivity contribution in [1.29, 1.82) is 0 Å². The van der Waals surface area contributed by atoms with Gasteiger partial charge in [0.1, 0.15) is 0 Å². The second-order valence-electron chi connectivity index (χ2n) is 4.66. The summed E-state index contributed by atoms with van der Waals surface area (Å²) in [5, 5.41) is 0. The SMILES string of the molecule is CC(C)C[C@H](N)c1ncc(-c2ccccc2)o1. The molecule has 0 fully saturated rings. The maximum absolute atomic E-state index is 6.03. The van der Waals surface area contributed by atoms with Gasteiger partial charge in [-0.15, -0.1) is 0 Å². The summed E-state index contributed by atoms with van der Waals surface area (Å²) < 4.78 is 5.70. The fourth-order valence-electron chi connectivity index (χ4n) is 1.80. The number of benzene rings is 1. The fraction of sp³-hybridized carbons (Fsp3) is 0.357. The molecule has 0 unspecified atom stereocenters. The van der Waals surface area contributed by atoms with Gasteiger partial charge < -0.3 is 10.2 Å². The Kier molecular flexibility index (Phi) is 3.59. The number of aromatic nitrogens is 1. The molecule has 0 aliphatic rings. The maximum atomic E-state index is 6.03. The number of rotatable bonds is 4. The Bertz CT molecular complexity index is 462. The van der Waals surface area contributed by atoms with E-state index in [-0.39, 0.29) is 6.04 Å². The summed E-state index contributed by atoms with van der Waals surface area (Å²) in [6.45, 7) is 4.28. The molecule has 90 valence electrons. The molecule has 0 aliphatic carbocycles. The molecular weight excluding hydrogens is 212 g/mol. The van der Waals surface area contributed by atoms with Gasteiger partial charge in [-0.3, -0.25) is 0 Å². The first-order chi connectivity index (χ1) is 8.16. The molecule has 0 bridgehead atoms. The third-order valence-corrected chi connectivity index (χ3v) is 2.62. The summed E-state index contributed by atoms with van der Waals surface area (Å²) in [7, 11) is 0. The molecule has 1 aromatic heterocycles. The second kappa shape index (κ2) is 5.15. The number of nitrogens with two attached hydrogens (primary N) is 1. The lowest BCUT2D eigenvalue weighted by atomic mass is 10.0. The smallest absolute Gasteiger partial charge is 0.211 e. The minimum Gasteiger partial charge on any atom is -0.439 e. The van der Waals surface area contributed by atoms with Crippen molar-refractivity contribution in [1.82, 2.24) is 4.98 Å². The molecule has 17 heavy (non-hydrogen) atoms. The van der Waals surface area contributed by atoms with E-state index in [1.165, 1.54) is 0 Å². The highest BCUT2D eigenvalue weighted by atomic mass is 16.4. The molecule has 0 spiro atoms. The van der Waals surface area contributed by atoms with E-state index in [4.69, 9.17) is 10.2 Å². The van der Waals surface area contributed by atoms with Gasteiger partial charge in [0.05, 0.1) is 12.2 Å².